The first-order chi connectivity index (χ1) is 9.15. The third kappa shape index (κ3) is 3.36. The van der Waals surface area contributed by atoms with E-state index >= 15 is 0 Å². The molecule has 0 fully saturated rings. The van der Waals surface area contributed by atoms with E-state index in [0.29, 0.717) is 6.54 Å². The van der Waals surface area contributed by atoms with Gasteiger partial charge >= 0.3 is 0 Å². The molecule has 0 aliphatic rings. The number of hydrogen-bond acceptors (Lipinski definition) is 4. The van der Waals surface area contributed by atoms with Crippen molar-refractivity contribution in [3.63, 3.8) is 0 Å². The molecule has 2 unspecified atom stereocenters. The Kier molecular flexibility index (Phi) is 4.99. The molecule has 3 nitrogen and oxygen atoms in total. The molecule has 0 bridgehead atoms. The maximum Gasteiger partial charge on any atom is 0.119 e. The lowest BCUT2D eigenvalue weighted by Crippen LogP contribution is -2.19. The number of aliphatic hydroxyl groups excluding tert-OH is 1. The van der Waals surface area contributed by atoms with Gasteiger partial charge in [0.05, 0.1) is 17.0 Å². The number of rotatable bonds is 5. The molecular formula is C14H16BrNO2S. The minimum absolute atomic E-state index is 0.138. The van der Waals surface area contributed by atoms with Crippen LogP contribution in [0.1, 0.15) is 22.5 Å². The first-order valence-corrected chi connectivity index (χ1v) is 7.54. The topological polar surface area (TPSA) is 55.5 Å². The molecule has 102 valence electrons. The van der Waals surface area contributed by atoms with Crippen LogP contribution in [-0.4, -0.2) is 18.8 Å². The van der Waals surface area contributed by atoms with Gasteiger partial charge < -0.3 is 15.6 Å². The molecule has 3 N–H and O–H groups in total. The minimum Gasteiger partial charge on any atom is -0.497 e. The van der Waals surface area contributed by atoms with E-state index in [1.54, 1.807) is 7.11 Å². The Hall–Kier alpha value is -0.880. The van der Waals surface area contributed by atoms with Crippen LogP contribution in [0.2, 0.25) is 0 Å². The van der Waals surface area contributed by atoms with Crippen LogP contribution in [0.5, 0.6) is 5.75 Å². The second kappa shape index (κ2) is 6.52. The van der Waals surface area contributed by atoms with Crippen LogP contribution >= 0.6 is 27.3 Å². The molecule has 0 aliphatic heterocycles. The number of ether oxygens (including phenoxy) is 1. The van der Waals surface area contributed by atoms with Crippen molar-refractivity contribution in [3.05, 3.63) is 50.6 Å². The molecule has 0 radical (unpaired) electrons. The fraction of sp³-hybridized carbons (Fsp3) is 0.286. The Bertz CT molecular complexity index is 544. The van der Waals surface area contributed by atoms with Crippen LogP contribution in [0.4, 0.5) is 0 Å². The summed E-state index contributed by atoms with van der Waals surface area (Å²) in [5, 5.41) is 10.5. The molecule has 1 aromatic carbocycles. The second-order valence-electron chi connectivity index (χ2n) is 4.21. The third-order valence-corrected chi connectivity index (χ3v) is 4.74. The van der Waals surface area contributed by atoms with E-state index in [1.165, 1.54) is 11.3 Å². The predicted molar refractivity (Wildman–Crippen MR) is 81.8 cm³/mol. The summed E-state index contributed by atoms with van der Waals surface area (Å²) in [6, 6.07) is 11.5. The number of benzene rings is 1. The average Bonchev–Trinajstić information content (AvgIpc) is 2.86. The van der Waals surface area contributed by atoms with Crippen LogP contribution in [0.3, 0.4) is 0 Å². The standard InChI is InChI=1S/C14H16BrNO2S/c1-18-10-4-2-3-9(7-10)11(8-16)14(17)12-5-6-13(15)19-12/h2-7,11,14,17H,8,16H2,1H3. The molecule has 0 saturated carbocycles. The van der Waals surface area contributed by atoms with Crippen molar-refractivity contribution in [2.45, 2.75) is 12.0 Å². The first-order valence-electron chi connectivity index (χ1n) is 5.93. The summed E-state index contributed by atoms with van der Waals surface area (Å²) in [6.07, 6.45) is -0.603. The zero-order valence-corrected chi connectivity index (χ0v) is 12.9. The zero-order valence-electron chi connectivity index (χ0n) is 10.5. The van der Waals surface area contributed by atoms with Crippen LogP contribution in [0.25, 0.3) is 0 Å². The summed E-state index contributed by atoms with van der Waals surface area (Å²) in [7, 11) is 1.63. The summed E-state index contributed by atoms with van der Waals surface area (Å²) >= 11 is 4.93. The lowest BCUT2D eigenvalue weighted by Gasteiger charge is -2.21. The molecule has 5 heteroatoms. The van der Waals surface area contributed by atoms with Crippen molar-refractivity contribution < 1.29 is 9.84 Å². The lowest BCUT2D eigenvalue weighted by atomic mass is 9.92. The Labute approximate surface area is 125 Å². The van der Waals surface area contributed by atoms with Gasteiger partial charge in [-0.25, -0.2) is 0 Å². The maximum absolute atomic E-state index is 10.5. The van der Waals surface area contributed by atoms with Gasteiger partial charge in [0.15, 0.2) is 0 Å². The molecule has 1 aromatic heterocycles. The van der Waals surface area contributed by atoms with E-state index in [-0.39, 0.29) is 5.92 Å². The molecule has 2 atom stereocenters. The second-order valence-corrected chi connectivity index (χ2v) is 6.70. The highest BCUT2D eigenvalue weighted by Gasteiger charge is 2.23. The summed E-state index contributed by atoms with van der Waals surface area (Å²) < 4.78 is 6.21. The number of halogens is 1. The minimum atomic E-state index is -0.603. The first kappa shape index (κ1) is 14.5. The van der Waals surface area contributed by atoms with E-state index in [4.69, 9.17) is 10.5 Å². The van der Waals surface area contributed by atoms with E-state index in [9.17, 15) is 5.11 Å². The Morgan fingerprint density at radius 3 is 2.74 bits per heavy atom. The molecule has 0 aliphatic carbocycles. The number of hydrogen-bond donors (Lipinski definition) is 2. The van der Waals surface area contributed by atoms with Gasteiger partial charge in [0.1, 0.15) is 5.75 Å². The molecule has 2 aromatic rings. The van der Waals surface area contributed by atoms with E-state index in [1.807, 2.05) is 36.4 Å². The third-order valence-electron chi connectivity index (χ3n) is 3.04. The fourth-order valence-corrected chi connectivity index (χ4v) is 3.48. The summed E-state index contributed by atoms with van der Waals surface area (Å²) in [4.78, 5) is 0.908. The molecule has 2 rings (SSSR count). The van der Waals surface area contributed by atoms with Crippen molar-refractivity contribution in [2.75, 3.05) is 13.7 Å². The molecule has 0 amide bonds. The molecule has 19 heavy (non-hydrogen) atoms. The summed E-state index contributed by atoms with van der Waals surface area (Å²) in [5.74, 6) is 0.635. The predicted octanol–water partition coefficient (Wildman–Crippen LogP) is 3.30. The maximum atomic E-state index is 10.5. The van der Waals surface area contributed by atoms with E-state index in [2.05, 4.69) is 15.9 Å². The van der Waals surface area contributed by atoms with Gasteiger partial charge in [-0.1, -0.05) is 12.1 Å². The lowest BCUT2D eigenvalue weighted by molar-refractivity contribution is 0.151. The molecule has 0 saturated heterocycles. The fourth-order valence-electron chi connectivity index (χ4n) is 2.00. The van der Waals surface area contributed by atoms with Crippen molar-refractivity contribution in [1.82, 2.24) is 0 Å². The van der Waals surface area contributed by atoms with Crippen LogP contribution in [0, 0.1) is 0 Å². The summed E-state index contributed by atoms with van der Waals surface area (Å²) in [5.41, 5.74) is 6.82. The van der Waals surface area contributed by atoms with Gasteiger partial charge in [0, 0.05) is 17.3 Å². The van der Waals surface area contributed by atoms with Gasteiger partial charge in [-0.15, -0.1) is 11.3 Å². The SMILES string of the molecule is COc1cccc(C(CN)C(O)c2ccc(Br)s2)c1. The van der Waals surface area contributed by atoms with Gasteiger partial charge in [0.2, 0.25) is 0 Å². The van der Waals surface area contributed by atoms with E-state index in [0.717, 1.165) is 20.0 Å². The van der Waals surface area contributed by atoms with Crippen molar-refractivity contribution in [3.8, 4) is 5.75 Å². The van der Waals surface area contributed by atoms with Gasteiger partial charge in [-0.3, -0.25) is 0 Å². The monoisotopic (exact) mass is 341 g/mol. The number of methoxy groups -OCH3 is 1. The highest BCUT2D eigenvalue weighted by Crippen LogP contribution is 2.36. The van der Waals surface area contributed by atoms with Crippen molar-refractivity contribution >= 4 is 27.3 Å². The highest BCUT2D eigenvalue weighted by atomic mass is 79.9. The number of thiophene rings is 1. The highest BCUT2D eigenvalue weighted by molar-refractivity contribution is 9.11. The van der Waals surface area contributed by atoms with Gasteiger partial charge in [-0.2, -0.15) is 0 Å². The van der Waals surface area contributed by atoms with Gasteiger partial charge in [0.25, 0.3) is 0 Å². The number of aliphatic hydroxyl groups is 1. The largest absolute Gasteiger partial charge is 0.497 e. The Morgan fingerprint density at radius 1 is 1.37 bits per heavy atom. The summed E-state index contributed by atoms with van der Waals surface area (Å²) in [6.45, 7) is 0.379. The van der Waals surface area contributed by atoms with Gasteiger partial charge in [-0.05, 0) is 45.8 Å². The van der Waals surface area contributed by atoms with Crippen molar-refractivity contribution in [2.24, 2.45) is 5.73 Å². The quantitative estimate of drug-likeness (QED) is 0.877. The molecule has 0 spiro atoms. The van der Waals surface area contributed by atoms with Crippen molar-refractivity contribution in [1.29, 1.82) is 0 Å². The zero-order chi connectivity index (χ0) is 13.8. The van der Waals surface area contributed by atoms with Crippen LogP contribution < -0.4 is 10.5 Å². The van der Waals surface area contributed by atoms with Crippen LogP contribution in [0.15, 0.2) is 40.2 Å². The van der Waals surface area contributed by atoms with E-state index < -0.39 is 6.10 Å². The number of nitrogens with two attached hydrogens (primary N) is 1. The smallest absolute Gasteiger partial charge is 0.119 e. The normalized spacial score (nSPS) is 14.1. The van der Waals surface area contributed by atoms with Crippen LogP contribution in [-0.2, 0) is 0 Å². The Morgan fingerprint density at radius 2 is 2.16 bits per heavy atom. The molecular weight excluding hydrogens is 326 g/mol. The Balaban J connectivity index is 2.28. The average molecular weight is 342 g/mol. The molecule has 1 heterocycles.